The van der Waals surface area contributed by atoms with Crippen LogP contribution >= 0.6 is 0 Å². The van der Waals surface area contributed by atoms with Crippen molar-refractivity contribution in [2.75, 3.05) is 0 Å². The molecule has 74 valence electrons. The van der Waals surface area contributed by atoms with Crippen LogP contribution in [0.1, 0.15) is 17.2 Å². The van der Waals surface area contributed by atoms with Gasteiger partial charge in [-0.15, -0.1) is 6.42 Å². The average molecular weight is 200 g/mol. The molecule has 0 fully saturated rings. The molecule has 0 aliphatic heterocycles. The topological polar surface area (TPSA) is 20.2 Å². The van der Waals surface area contributed by atoms with E-state index in [1.807, 2.05) is 0 Å². The van der Waals surface area contributed by atoms with Crippen LogP contribution in [-0.4, -0.2) is 11.3 Å². The lowest BCUT2D eigenvalue weighted by molar-refractivity contribution is -0.206. The standard InChI is InChI=1S/C10H7F3O/c1-2-7-3-5-8(6-4-7)9(14)10(11,12)13/h1,3-6,9,14H/t9-/m1/s1. The van der Waals surface area contributed by atoms with E-state index in [0.29, 0.717) is 5.56 Å². The molecule has 0 aliphatic rings. The lowest BCUT2D eigenvalue weighted by atomic mass is 10.1. The molecule has 1 aromatic carbocycles. The molecule has 0 aromatic heterocycles. The Balaban J connectivity index is 2.94. The first-order chi connectivity index (χ1) is 6.45. The minimum atomic E-state index is -4.64. The Labute approximate surface area is 79.2 Å². The summed E-state index contributed by atoms with van der Waals surface area (Å²) in [6.07, 6.45) is -2.06. The zero-order valence-corrected chi connectivity index (χ0v) is 7.05. The number of aliphatic hydroxyl groups excluding tert-OH is 1. The molecule has 0 spiro atoms. The second kappa shape index (κ2) is 3.72. The van der Waals surface area contributed by atoms with Gasteiger partial charge in [0.05, 0.1) is 0 Å². The summed E-state index contributed by atoms with van der Waals surface area (Å²) in [5.74, 6) is 2.27. The van der Waals surface area contributed by atoms with Crippen molar-refractivity contribution in [1.82, 2.24) is 0 Å². The van der Waals surface area contributed by atoms with Crippen molar-refractivity contribution < 1.29 is 18.3 Å². The summed E-state index contributed by atoms with van der Waals surface area (Å²) in [4.78, 5) is 0. The van der Waals surface area contributed by atoms with Crippen LogP contribution in [0.5, 0.6) is 0 Å². The summed E-state index contributed by atoms with van der Waals surface area (Å²) >= 11 is 0. The molecule has 1 nitrogen and oxygen atoms in total. The van der Waals surface area contributed by atoms with Crippen LogP contribution in [0.25, 0.3) is 0 Å². The highest BCUT2D eigenvalue weighted by Crippen LogP contribution is 2.32. The molecule has 0 saturated carbocycles. The molecule has 1 atom stereocenters. The van der Waals surface area contributed by atoms with Crippen LogP contribution in [-0.2, 0) is 0 Å². The van der Waals surface area contributed by atoms with E-state index in [-0.39, 0.29) is 5.56 Å². The minimum absolute atomic E-state index is 0.212. The van der Waals surface area contributed by atoms with Crippen LogP contribution < -0.4 is 0 Å². The predicted molar refractivity (Wildman–Crippen MR) is 45.4 cm³/mol. The van der Waals surface area contributed by atoms with Crippen molar-refractivity contribution in [3.63, 3.8) is 0 Å². The SMILES string of the molecule is C#Cc1ccc([C@@H](O)C(F)(F)F)cc1. The fraction of sp³-hybridized carbons (Fsp3) is 0.200. The quantitative estimate of drug-likeness (QED) is 0.689. The summed E-state index contributed by atoms with van der Waals surface area (Å²) in [6, 6.07) is 5.02. The van der Waals surface area contributed by atoms with E-state index in [2.05, 4.69) is 5.92 Å². The van der Waals surface area contributed by atoms with Crippen LogP contribution in [0.2, 0.25) is 0 Å². The van der Waals surface area contributed by atoms with Crippen LogP contribution in [0.4, 0.5) is 13.2 Å². The summed E-state index contributed by atoms with van der Waals surface area (Å²) in [5, 5.41) is 8.84. The highest BCUT2D eigenvalue weighted by molar-refractivity contribution is 5.35. The Morgan fingerprint density at radius 3 is 2.07 bits per heavy atom. The Hall–Kier alpha value is -1.47. The normalized spacial score (nSPS) is 13.4. The van der Waals surface area contributed by atoms with E-state index in [1.54, 1.807) is 0 Å². The highest BCUT2D eigenvalue weighted by Gasteiger charge is 2.39. The van der Waals surface area contributed by atoms with E-state index < -0.39 is 12.3 Å². The van der Waals surface area contributed by atoms with E-state index in [9.17, 15) is 13.2 Å². The first-order valence-corrected chi connectivity index (χ1v) is 3.76. The molecule has 4 heteroatoms. The van der Waals surface area contributed by atoms with Gasteiger partial charge in [-0.25, -0.2) is 0 Å². The molecule has 0 bridgehead atoms. The first kappa shape index (κ1) is 10.6. The van der Waals surface area contributed by atoms with Gasteiger partial charge in [0.25, 0.3) is 0 Å². The maximum Gasteiger partial charge on any atom is 0.418 e. The number of hydrogen-bond donors (Lipinski definition) is 1. The summed E-state index contributed by atoms with van der Waals surface area (Å²) < 4.78 is 36.1. The number of hydrogen-bond acceptors (Lipinski definition) is 1. The molecular formula is C10H7F3O. The van der Waals surface area contributed by atoms with Gasteiger partial charge in [-0.05, 0) is 17.7 Å². The largest absolute Gasteiger partial charge is 0.418 e. The minimum Gasteiger partial charge on any atom is -0.379 e. The van der Waals surface area contributed by atoms with Crippen LogP contribution in [0.3, 0.4) is 0 Å². The Morgan fingerprint density at radius 2 is 1.71 bits per heavy atom. The molecule has 0 amide bonds. The van der Waals surface area contributed by atoms with Crippen molar-refractivity contribution >= 4 is 0 Å². The van der Waals surface area contributed by atoms with E-state index in [0.717, 1.165) is 12.1 Å². The van der Waals surface area contributed by atoms with E-state index in [1.165, 1.54) is 12.1 Å². The van der Waals surface area contributed by atoms with Crippen molar-refractivity contribution in [1.29, 1.82) is 0 Å². The third kappa shape index (κ3) is 2.27. The maximum atomic E-state index is 12.0. The summed E-state index contributed by atoms with van der Waals surface area (Å²) in [5.41, 5.74) is 0.264. The maximum absolute atomic E-state index is 12.0. The number of terminal acetylenes is 1. The lowest BCUT2D eigenvalue weighted by Gasteiger charge is -2.14. The number of rotatable bonds is 1. The van der Waals surface area contributed by atoms with Gasteiger partial charge in [-0.2, -0.15) is 13.2 Å². The van der Waals surface area contributed by atoms with E-state index in [4.69, 9.17) is 11.5 Å². The van der Waals surface area contributed by atoms with Gasteiger partial charge in [0, 0.05) is 5.56 Å². The van der Waals surface area contributed by atoms with Gasteiger partial charge >= 0.3 is 6.18 Å². The van der Waals surface area contributed by atoms with Gasteiger partial charge in [0.15, 0.2) is 6.10 Å². The third-order valence-corrected chi connectivity index (χ3v) is 1.70. The van der Waals surface area contributed by atoms with Crippen molar-refractivity contribution in [2.24, 2.45) is 0 Å². The monoisotopic (exact) mass is 200 g/mol. The fourth-order valence-corrected chi connectivity index (χ4v) is 0.951. The Bertz CT molecular complexity index is 345. The lowest BCUT2D eigenvalue weighted by Crippen LogP contribution is -2.19. The van der Waals surface area contributed by atoms with Crippen molar-refractivity contribution in [3.8, 4) is 12.3 Å². The van der Waals surface area contributed by atoms with Crippen LogP contribution in [0.15, 0.2) is 24.3 Å². The zero-order valence-electron chi connectivity index (χ0n) is 7.05. The summed E-state index contributed by atoms with van der Waals surface area (Å²) in [7, 11) is 0. The smallest absolute Gasteiger partial charge is 0.379 e. The van der Waals surface area contributed by atoms with Gasteiger partial charge in [0.1, 0.15) is 0 Å². The fourth-order valence-electron chi connectivity index (χ4n) is 0.951. The number of aliphatic hydroxyl groups is 1. The third-order valence-electron chi connectivity index (χ3n) is 1.70. The molecule has 0 unspecified atom stereocenters. The van der Waals surface area contributed by atoms with Gasteiger partial charge in [0.2, 0.25) is 0 Å². The second-order valence-corrected chi connectivity index (χ2v) is 2.71. The van der Waals surface area contributed by atoms with Gasteiger partial charge in [-0.1, -0.05) is 18.1 Å². The van der Waals surface area contributed by atoms with Gasteiger partial charge < -0.3 is 5.11 Å². The molecular weight excluding hydrogens is 193 g/mol. The molecule has 0 heterocycles. The van der Waals surface area contributed by atoms with Crippen molar-refractivity contribution in [3.05, 3.63) is 35.4 Å². The highest BCUT2D eigenvalue weighted by atomic mass is 19.4. The average Bonchev–Trinajstić information content (AvgIpc) is 2.15. The number of halogens is 3. The van der Waals surface area contributed by atoms with Gasteiger partial charge in [-0.3, -0.25) is 0 Å². The van der Waals surface area contributed by atoms with Crippen molar-refractivity contribution in [2.45, 2.75) is 12.3 Å². The Kier molecular flexibility index (Phi) is 2.82. The molecule has 0 radical (unpaired) electrons. The number of alkyl halides is 3. The molecule has 1 rings (SSSR count). The predicted octanol–water partition coefficient (Wildman–Crippen LogP) is 2.26. The molecule has 0 saturated heterocycles. The van der Waals surface area contributed by atoms with E-state index >= 15 is 0 Å². The molecule has 1 aromatic rings. The second-order valence-electron chi connectivity index (χ2n) is 2.71. The molecule has 1 N–H and O–H groups in total. The zero-order chi connectivity index (χ0) is 10.8. The molecule has 14 heavy (non-hydrogen) atoms. The molecule has 0 aliphatic carbocycles. The summed E-state index contributed by atoms with van der Waals surface area (Å²) in [6.45, 7) is 0. The van der Waals surface area contributed by atoms with Crippen LogP contribution in [0, 0.1) is 12.3 Å². The Morgan fingerprint density at radius 1 is 1.21 bits per heavy atom. The number of benzene rings is 1. The first-order valence-electron chi connectivity index (χ1n) is 3.76.